The molecule has 0 saturated heterocycles. The van der Waals surface area contributed by atoms with Crippen molar-refractivity contribution < 1.29 is 4.79 Å². The molecule has 56 valence electrons. The predicted octanol–water partition coefficient (Wildman–Crippen LogP) is 1.13. The Kier molecular flexibility index (Phi) is 2.33. The molecule has 11 heavy (non-hydrogen) atoms. The van der Waals surface area contributed by atoms with Crippen LogP contribution in [0.2, 0.25) is 0 Å². The van der Waals surface area contributed by atoms with Gasteiger partial charge in [-0.1, -0.05) is 24.4 Å². The van der Waals surface area contributed by atoms with E-state index in [4.69, 9.17) is 5.73 Å². The monoisotopic (exact) mass is 165 g/mol. The van der Waals surface area contributed by atoms with Crippen molar-refractivity contribution in [1.82, 2.24) is 0 Å². The van der Waals surface area contributed by atoms with E-state index in [0.717, 1.165) is 5.56 Å². The zero-order valence-corrected chi connectivity index (χ0v) is 6.60. The molecule has 2 nitrogen and oxygen atoms in total. The largest absolute Gasteiger partial charge is 0.366 e. The predicted molar refractivity (Wildman–Crippen MR) is 47.7 cm³/mol. The smallest absolute Gasteiger partial charge is 0.248 e. The third-order valence-corrected chi connectivity index (χ3v) is 1.60. The summed E-state index contributed by atoms with van der Waals surface area (Å²) in [6.45, 7) is 0. The first-order valence-corrected chi connectivity index (χ1v) is 3.56. The summed E-state index contributed by atoms with van der Waals surface area (Å²) in [5, 5.41) is 1.55. The Morgan fingerprint density at radius 2 is 1.91 bits per heavy atom. The number of hydrogen-bond donors (Lipinski definition) is 1. The number of rotatable bonds is 2. The Bertz CT molecular complexity index is 279. The molecular formula is C8H7NOS. The van der Waals surface area contributed by atoms with Gasteiger partial charge in [0.25, 0.3) is 0 Å². The van der Waals surface area contributed by atoms with Gasteiger partial charge in [-0.15, -0.1) is 0 Å². The van der Waals surface area contributed by atoms with E-state index in [2.05, 4.69) is 12.2 Å². The zero-order chi connectivity index (χ0) is 8.27. The van der Waals surface area contributed by atoms with E-state index < -0.39 is 5.91 Å². The molecule has 2 N–H and O–H groups in total. The van der Waals surface area contributed by atoms with E-state index in [1.54, 1.807) is 29.6 Å². The van der Waals surface area contributed by atoms with Crippen LogP contribution in [0.1, 0.15) is 15.9 Å². The van der Waals surface area contributed by atoms with Crippen molar-refractivity contribution in [3.63, 3.8) is 0 Å². The molecule has 1 rings (SSSR count). The SMILES string of the molecule is NC(=O)c1ccc(C=S)cc1. The van der Waals surface area contributed by atoms with Crippen LogP contribution >= 0.6 is 12.2 Å². The Labute approximate surface area is 70.0 Å². The van der Waals surface area contributed by atoms with Crippen LogP contribution in [0.15, 0.2) is 24.3 Å². The van der Waals surface area contributed by atoms with Gasteiger partial charge in [-0.2, -0.15) is 0 Å². The second kappa shape index (κ2) is 3.25. The molecule has 1 aromatic rings. The summed E-state index contributed by atoms with van der Waals surface area (Å²) in [6, 6.07) is 6.82. The minimum Gasteiger partial charge on any atom is -0.366 e. The number of primary amides is 1. The Hall–Kier alpha value is -1.22. The highest BCUT2D eigenvalue weighted by Crippen LogP contribution is 2.00. The minimum absolute atomic E-state index is 0.416. The standard InChI is InChI=1S/C8H7NOS/c9-8(10)7-3-1-6(5-11)2-4-7/h1-5H,(H2,9,10). The molecule has 0 atom stereocenters. The van der Waals surface area contributed by atoms with Crippen molar-refractivity contribution >= 4 is 23.5 Å². The van der Waals surface area contributed by atoms with Crippen molar-refractivity contribution in [3.05, 3.63) is 35.4 Å². The van der Waals surface area contributed by atoms with Gasteiger partial charge in [0.05, 0.1) is 0 Å². The van der Waals surface area contributed by atoms with Gasteiger partial charge in [-0.3, -0.25) is 4.79 Å². The summed E-state index contributed by atoms with van der Waals surface area (Å²) < 4.78 is 0. The average molecular weight is 165 g/mol. The fourth-order valence-corrected chi connectivity index (χ4v) is 0.883. The van der Waals surface area contributed by atoms with Crippen LogP contribution in [0.5, 0.6) is 0 Å². The van der Waals surface area contributed by atoms with Gasteiger partial charge in [0.1, 0.15) is 0 Å². The molecule has 0 unspecified atom stereocenters. The molecule has 0 heterocycles. The van der Waals surface area contributed by atoms with E-state index in [9.17, 15) is 4.79 Å². The average Bonchev–Trinajstić information content (AvgIpc) is 2.05. The van der Waals surface area contributed by atoms with Crippen molar-refractivity contribution in [2.75, 3.05) is 0 Å². The Balaban J connectivity index is 3.00. The quantitative estimate of drug-likeness (QED) is 0.667. The van der Waals surface area contributed by atoms with Crippen molar-refractivity contribution in [2.24, 2.45) is 5.73 Å². The van der Waals surface area contributed by atoms with Gasteiger partial charge >= 0.3 is 0 Å². The van der Waals surface area contributed by atoms with Gasteiger partial charge in [0.15, 0.2) is 0 Å². The number of thiocarbonyl (C=S) groups is 1. The van der Waals surface area contributed by atoms with Crippen LogP contribution < -0.4 is 5.73 Å². The lowest BCUT2D eigenvalue weighted by Gasteiger charge is -1.94. The number of carbonyl (C=O) groups excluding carboxylic acids is 1. The molecule has 0 aliphatic rings. The zero-order valence-electron chi connectivity index (χ0n) is 5.78. The van der Waals surface area contributed by atoms with Crippen molar-refractivity contribution in [2.45, 2.75) is 0 Å². The lowest BCUT2D eigenvalue weighted by Crippen LogP contribution is -2.10. The lowest BCUT2D eigenvalue weighted by atomic mass is 10.1. The maximum atomic E-state index is 10.6. The minimum atomic E-state index is -0.416. The van der Waals surface area contributed by atoms with Crippen LogP contribution in [0.3, 0.4) is 0 Å². The van der Waals surface area contributed by atoms with E-state index in [1.807, 2.05) is 0 Å². The second-order valence-corrected chi connectivity index (χ2v) is 2.34. The third-order valence-electron chi connectivity index (χ3n) is 1.33. The van der Waals surface area contributed by atoms with Crippen LogP contribution in [-0.2, 0) is 0 Å². The molecule has 0 aliphatic carbocycles. The second-order valence-electron chi connectivity index (χ2n) is 2.10. The molecule has 0 spiro atoms. The first-order chi connectivity index (χ1) is 5.24. The van der Waals surface area contributed by atoms with E-state index in [0.29, 0.717) is 5.56 Å². The molecule has 0 aliphatic heterocycles. The molecule has 0 fully saturated rings. The van der Waals surface area contributed by atoms with E-state index in [1.165, 1.54) is 0 Å². The number of hydrogen-bond acceptors (Lipinski definition) is 2. The van der Waals surface area contributed by atoms with Gasteiger partial charge in [0, 0.05) is 10.9 Å². The van der Waals surface area contributed by atoms with Gasteiger partial charge < -0.3 is 5.73 Å². The number of nitrogens with two attached hydrogens (primary N) is 1. The highest BCUT2D eigenvalue weighted by atomic mass is 32.1. The van der Waals surface area contributed by atoms with Gasteiger partial charge in [-0.05, 0) is 17.7 Å². The molecule has 0 bridgehead atoms. The van der Waals surface area contributed by atoms with Gasteiger partial charge in [0.2, 0.25) is 5.91 Å². The van der Waals surface area contributed by atoms with Gasteiger partial charge in [-0.25, -0.2) is 0 Å². The summed E-state index contributed by atoms with van der Waals surface area (Å²) in [5.41, 5.74) is 6.44. The Morgan fingerprint density at radius 3 is 2.27 bits per heavy atom. The number of benzene rings is 1. The number of amides is 1. The summed E-state index contributed by atoms with van der Waals surface area (Å²) >= 11 is 4.69. The summed E-state index contributed by atoms with van der Waals surface area (Å²) in [4.78, 5) is 10.6. The van der Waals surface area contributed by atoms with E-state index in [-0.39, 0.29) is 0 Å². The normalized spacial score (nSPS) is 9.09. The van der Waals surface area contributed by atoms with Crippen molar-refractivity contribution in [3.8, 4) is 0 Å². The van der Waals surface area contributed by atoms with E-state index >= 15 is 0 Å². The molecule has 0 radical (unpaired) electrons. The van der Waals surface area contributed by atoms with Crippen molar-refractivity contribution in [1.29, 1.82) is 0 Å². The third kappa shape index (κ3) is 1.85. The molecule has 1 amide bonds. The van der Waals surface area contributed by atoms with Crippen LogP contribution in [0, 0.1) is 0 Å². The number of carbonyl (C=O) groups is 1. The lowest BCUT2D eigenvalue weighted by molar-refractivity contribution is 0.100. The first-order valence-electron chi connectivity index (χ1n) is 3.09. The molecular weight excluding hydrogens is 158 g/mol. The first kappa shape index (κ1) is 7.88. The summed E-state index contributed by atoms with van der Waals surface area (Å²) in [5.74, 6) is -0.416. The molecule has 0 saturated carbocycles. The van der Waals surface area contributed by atoms with Crippen LogP contribution in [0.4, 0.5) is 0 Å². The summed E-state index contributed by atoms with van der Waals surface area (Å²) in [7, 11) is 0. The topological polar surface area (TPSA) is 43.1 Å². The maximum Gasteiger partial charge on any atom is 0.248 e. The molecule has 0 aromatic heterocycles. The van der Waals surface area contributed by atoms with Crippen LogP contribution in [0.25, 0.3) is 0 Å². The highest BCUT2D eigenvalue weighted by molar-refractivity contribution is 7.79. The Morgan fingerprint density at radius 1 is 1.36 bits per heavy atom. The highest BCUT2D eigenvalue weighted by Gasteiger charge is 1.96. The van der Waals surface area contributed by atoms with Crippen LogP contribution in [-0.4, -0.2) is 11.3 Å². The fourth-order valence-electron chi connectivity index (χ4n) is 0.726. The summed E-state index contributed by atoms with van der Waals surface area (Å²) in [6.07, 6.45) is 0. The molecule has 3 heteroatoms. The molecule has 1 aromatic carbocycles. The fraction of sp³-hybridized carbons (Fsp3) is 0. The maximum absolute atomic E-state index is 10.6.